The normalized spacial score (nSPS) is 12.7. The number of aliphatic hydroxyl groups excluding tert-OH is 1. The lowest BCUT2D eigenvalue weighted by Gasteiger charge is -2.06. The van der Waals surface area contributed by atoms with Gasteiger partial charge in [-0.3, -0.25) is 0 Å². The van der Waals surface area contributed by atoms with Gasteiger partial charge in [-0.1, -0.05) is 39.0 Å². The minimum atomic E-state index is -0.943. The molecule has 0 aliphatic rings. The largest absolute Gasteiger partial charge is 0.550 e. The predicted molar refractivity (Wildman–Crippen MR) is 58.2 cm³/mol. The summed E-state index contributed by atoms with van der Waals surface area (Å²) in [5.74, 6) is -0.943. The highest BCUT2D eigenvalue weighted by molar-refractivity contribution is 5.63. The number of hydrogen-bond donors (Lipinski definition) is 1. The molecule has 0 aromatic heterocycles. The fourth-order valence-corrected chi connectivity index (χ4v) is 1.56. The third kappa shape index (κ3) is 11.4. The molecule has 90 valence electrons. The van der Waals surface area contributed by atoms with Crippen molar-refractivity contribution in [2.75, 3.05) is 0 Å². The standard InChI is InChI=1S/C12H24O3/c1-2-11(13)9-7-5-3-4-6-8-10-12(14)15/h11,13H,2-10H2,1H3,(H,14,15)/p-1. The topological polar surface area (TPSA) is 60.4 Å². The molecule has 3 heteroatoms. The molecule has 0 rings (SSSR count). The van der Waals surface area contributed by atoms with Crippen LogP contribution < -0.4 is 5.11 Å². The second-order valence-corrected chi connectivity index (χ2v) is 4.09. The predicted octanol–water partition coefficient (Wildman–Crippen LogP) is 1.63. The lowest BCUT2D eigenvalue weighted by molar-refractivity contribution is -0.305. The van der Waals surface area contributed by atoms with Crippen molar-refractivity contribution in [3.63, 3.8) is 0 Å². The third-order valence-electron chi connectivity index (χ3n) is 2.64. The first-order chi connectivity index (χ1) is 7.16. The van der Waals surface area contributed by atoms with Crippen molar-refractivity contribution in [1.82, 2.24) is 0 Å². The van der Waals surface area contributed by atoms with Crippen LogP contribution in [0.25, 0.3) is 0 Å². The summed E-state index contributed by atoms with van der Waals surface area (Å²) in [5.41, 5.74) is 0. The van der Waals surface area contributed by atoms with Crippen molar-refractivity contribution < 1.29 is 15.0 Å². The fraction of sp³-hybridized carbons (Fsp3) is 0.917. The highest BCUT2D eigenvalue weighted by Crippen LogP contribution is 2.10. The van der Waals surface area contributed by atoms with Crippen molar-refractivity contribution in [1.29, 1.82) is 0 Å². The minimum Gasteiger partial charge on any atom is -0.550 e. The van der Waals surface area contributed by atoms with Gasteiger partial charge in [0.05, 0.1) is 6.10 Å². The van der Waals surface area contributed by atoms with Crippen molar-refractivity contribution in [3.8, 4) is 0 Å². The van der Waals surface area contributed by atoms with E-state index >= 15 is 0 Å². The maximum absolute atomic E-state index is 10.1. The van der Waals surface area contributed by atoms with Crippen LogP contribution in [0, 0.1) is 0 Å². The Hall–Kier alpha value is -0.570. The highest BCUT2D eigenvalue weighted by atomic mass is 16.4. The molecule has 0 aliphatic heterocycles. The first kappa shape index (κ1) is 14.4. The van der Waals surface area contributed by atoms with Crippen LogP contribution in [0.5, 0.6) is 0 Å². The maximum Gasteiger partial charge on any atom is 0.0537 e. The van der Waals surface area contributed by atoms with Crippen LogP contribution >= 0.6 is 0 Å². The van der Waals surface area contributed by atoms with Gasteiger partial charge in [0.15, 0.2) is 0 Å². The summed E-state index contributed by atoms with van der Waals surface area (Å²) >= 11 is 0. The molecule has 0 aliphatic carbocycles. The average molecular weight is 215 g/mol. The molecule has 1 atom stereocenters. The van der Waals surface area contributed by atoms with Crippen LogP contribution in [0.3, 0.4) is 0 Å². The van der Waals surface area contributed by atoms with E-state index in [0.29, 0.717) is 0 Å². The number of hydrogen-bond acceptors (Lipinski definition) is 3. The number of unbranched alkanes of at least 4 members (excludes halogenated alkanes) is 5. The van der Waals surface area contributed by atoms with Crippen molar-refractivity contribution in [3.05, 3.63) is 0 Å². The zero-order chi connectivity index (χ0) is 11.5. The number of carbonyl (C=O) groups is 1. The van der Waals surface area contributed by atoms with Gasteiger partial charge in [0.2, 0.25) is 0 Å². The summed E-state index contributed by atoms with van der Waals surface area (Å²) < 4.78 is 0. The Morgan fingerprint density at radius 1 is 1.13 bits per heavy atom. The summed E-state index contributed by atoms with van der Waals surface area (Å²) in [4.78, 5) is 10.1. The second kappa shape index (κ2) is 9.97. The first-order valence-electron chi connectivity index (χ1n) is 6.04. The average Bonchev–Trinajstić information content (AvgIpc) is 2.21. The monoisotopic (exact) mass is 215 g/mol. The zero-order valence-electron chi connectivity index (χ0n) is 9.71. The van der Waals surface area contributed by atoms with E-state index in [1.54, 1.807) is 0 Å². The molecule has 0 aromatic rings. The van der Waals surface area contributed by atoms with Gasteiger partial charge in [0.25, 0.3) is 0 Å². The van der Waals surface area contributed by atoms with Gasteiger partial charge in [-0.25, -0.2) is 0 Å². The lowest BCUT2D eigenvalue weighted by atomic mass is 10.1. The Balaban J connectivity index is 3.02. The summed E-state index contributed by atoms with van der Waals surface area (Å²) in [6.07, 6.45) is 7.96. The van der Waals surface area contributed by atoms with Crippen LogP contribution in [-0.2, 0) is 4.79 Å². The molecule has 0 bridgehead atoms. The van der Waals surface area contributed by atoms with E-state index < -0.39 is 5.97 Å². The Bertz CT molecular complexity index is 157. The quantitative estimate of drug-likeness (QED) is 0.563. The second-order valence-electron chi connectivity index (χ2n) is 4.09. The zero-order valence-corrected chi connectivity index (χ0v) is 9.71. The fourth-order valence-electron chi connectivity index (χ4n) is 1.56. The van der Waals surface area contributed by atoms with Gasteiger partial charge >= 0.3 is 0 Å². The number of aliphatic hydroxyl groups is 1. The Labute approximate surface area is 92.5 Å². The van der Waals surface area contributed by atoms with Crippen LogP contribution in [0.4, 0.5) is 0 Å². The van der Waals surface area contributed by atoms with Crippen LogP contribution in [0.1, 0.15) is 64.7 Å². The molecule has 0 radical (unpaired) electrons. The molecule has 1 unspecified atom stereocenters. The number of carboxylic acid groups (broad SMARTS) is 1. The van der Waals surface area contributed by atoms with Gasteiger partial charge < -0.3 is 15.0 Å². The van der Waals surface area contributed by atoms with Crippen LogP contribution in [-0.4, -0.2) is 17.2 Å². The Kier molecular flexibility index (Phi) is 9.59. The smallest absolute Gasteiger partial charge is 0.0537 e. The highest BCUT2D eigenvalue weighted by Gasteiger charge is 1.99. The minimum absolute atomic E-state index is 0.136. The van der Waals surface area contributed by atoms with Gasteiger partial charge in [-0.2, -0.15) is 0 Å². The number of rotatable bonds is 10. The molecule has 0 aromatic carbocycles. The van der Waals surface area contributed by atoms with E-state index in [4.69, 9.17) is 0 Å². The molecular weight excluding hydrogens is 192 g/mol. The van der Waals surface area contributed by atoms with E-state index in [-0.39, 0.29) is 12.5 Å². The number of aliphatic carboxylic acids is 1. The van der Waals surface area contributed by atoms with Crippen molar-refractivity contribution in [2.24, 2.45) is 0 Å². The molecule has 1 N–H and O–H groups in total. The van der Waals surface area contributed by atoms with Gasteiger partial charge in [0, 0.05) is 5.97 Å². The van der Waals surface area contributed by atoms with Crippen LogP contribution in [0.15, 0.2) is 0 Å². The van der Waals surface area contributed by atoms with Gasteiger partial charge in [0.1, 0.15) is 0 Å². The van der Waals surface area contributed by atoms with E-state index in [1.165, 1.54) is 0 Å². The van der Waals surface area contributed by atoms with E-state index in [1.807, 2.05) is 6.92 Å². The molecule has 15 heavy (non-hydrogen) atoms. The Morgan fingerprint density at radius 3 is 2.20 bits per heavy atom. The SMILES string of the molecule is CCC(O)CCCCCCCCC(=O)[O-]. The molecule has 0 amide bonds. The van der Waals surface area contributed by atoms with Gasteiger partial charge in [-0.05, 0) is 25.7 Å². The molecule has 0 saturated heterocycles. The molecule has 0 fully saturated rings. The Morgan fingerprint density at radius 2 is 1.67 bits per heavy atom. The molecule has 3 nitrogen and oxygen atoms in total. The molecule has 0 saturated carbocycles. The third-order valence-corrected chi connectivity index (χ3v) is 2.64. The van der Waals surface area contributed by atoms with E-state index in [9.17, 15) is 15.0 Å². The lowest BCUT2D eigenvalue weighted by Crippen LogP contribution is -2.21. The maximum atomic E-state index is 10.1. The molecular formula is C12H23O3-. The summed E-state index contributed by atoms with van der Waals surface area (Å²) in [7, 11) is 0. The number of carboxylic acids is 1. The summed E-state index contributed by atoms with van der Waals surface area (Å²) in [6, 6.07) is 0. The molecule has 0 heterocycles. The van der Waals surface area contributed by atoms with Crippen molar-refractivity contribution in [2.45, 2.75) is 70.8 Å². The first-order valence-corrected chi connectivity index (χ1v) is 6.04. The van der Waals surface area contributed by atoms with E-state index in [0.717, 1.165) is 51.4 Å². The van der Waals surface area contributed by atoms with Crippen LogP contribution in [0.2, 0.25) is 0 Å². The summed E-state index contributed by atoms with van der Waals surface area (Å²) in [5, 5.41) is 19.4. The molecule has 0 spiro atoms. The summed E-state index contributed by atoms with van der Waals surface area (Å²) in [6.45, 7) is 1.99. The van der Waals surface area contributed by atoms with Crippen molar-refractivity contribution >= 4 is 5.97 Å². The van der Waals surface area contributed by atoms with E-state index in [2.05, 4.69) is 0 Å². The number of carbonyl (C=O) groups excluding carboxylic acids is 1. The van der Waals surface area contributed by atoms with Gasteiger partial charge in [-0.15, -0.1) is 0 Å².